The lowest BCUT2D eigenvalue weighted by molar-refractivity contribution is -0.140. The number of nitrogens with zero attached hydrogens (tertiary/aromatic N) is 2. The highest BCUT2D eigenvalue weighted by Gasteiger charge is 2.45. The largest absolute Gasteiger partial charge is 0.507 e. The van der Waals surface area contributed by atoms with Crippen LogP contribution in [0, 0.1) is 0 Å². The number of rotatable bonds is 11. The number of ketones is 1. The topological polar surface area (TPSA) is 79.3 Å². The number of Topliss-reactive ketones (excluding diaryl/α,β-unsaturated/α-hetero) is 1. The third-order valence-corrected chi connectivity index (χ3v) is 5.49. The number of likely N-dealkylation sites (tertiary alicyclic amines) is 1. The molecular weight excluding hydrogens is 432 g/mol. The van der Waals surface area contributed by atoms with Gasteiger partial charge in [-0.15, -0.1) is 0 Å². The van der Waals surface area contributed by atoms with Crippen molar-refractivity contribution in [2.75, 3.05) is 40.4 Å². The summed E-state index contributed by atoms with van der Waals surface area (Å²) in [4.78, 5) is 29.5. The molecule has 1 atom stereocenters. The van der Waals surface area contributed by atoms with Crippen molar-refractivity contribution in [3.63, 3.8) is 0 Å². The molecule has 1 saturated heterocycles. The maximum atomic E-state index is 13.1. The summed E-state index contributed by atoms with van der Waals surface area (Å²) in [5, 5.41) is 11.2. The van der Waals surface area contributed by atoms with E-state index in [1.807, 2.05) is 50.2 Å². The Labute approximate surface area is 200 Å². The molecule has 0 spiro atoms. The van der Waals surface area contributed by atoms with E-state index in [-0.39, 0.29) is 11.3 Å². The molecule has 1 fully saturated rings. The van der Waals surface area contributed by atoms with Crippen molar-refractivity contribution in [1.82, 2.24) is 9.80 Å². The van der Waals surface area contributed by atoms with Gasteiger partial charge in [0, 0.05) is 18.7 Å². The molecule has 180 valence electrons. The van der Waals surface area contributed by atoms with Crippen molar-refractivity contribution in [3.05, 3.63) is 77.9 Å². The van der Waals surface area contributed by atoms with Gasteiger partial charge in [-0.05, 0) is 62.5 Å². The van der Waals surface area contributed by atoms with Gasteiger partial charge in [-0.1, -0.05) is 31.7 Å². The SMILES string of the molecule is C=CCOc1ccc(C(O)=C2C(=O)C(=O)N(CCN(C)C)C2c2ccc(OCCC)cc2)cc1. The molecule has 0 saturated carbocycles. The van der Waals surface area contributed by atoms with Crippen LogP contribution in [-0.2, 0) is 9.59 Å². The summed E-state index contributed by atoms with van der Waals surface area (Å²) in [7, 11) is 3.81. The summed E-state index contributed by atoms with van der Waals surface area (Å²) >= 11 is 0. The Morgan fingerprint density at radius 3 is 2.26 bits per heavy atom. The van der Waals surface area contributed by atoms with E-state index in [0.29, 0.717) is 43.4 Å². The van der Waals surface area contributed by atoms with Gasteiger partial charge >= 0.3 is 0 Å². The Hall–Kier alpha value is -3.58. The number of hydrogen-bond acceptors (Lipinski definition) is 6. The number of ether oxygens (including phenoxy) is 2. The Morgan fingerprint density at radius 1 is 1.06 bits per heavy atom. The third kappa shape index (κ3) is 5.66. The molecule has 1 N–H and O–H groups in total. The minimum Gasteiger partial charge on any atom is -0.507 e. The fraction of sp³-hybridized carbons (Fsp3) is 0.333. The van der Waals surface area contributed by atoms with Crippen molar-refractivity contribution in [2.24, 2.45) is 0 Å². The van der Waals surface area contributed by atoms with E-state index in [1.54, 1.807) is 30.3 Å². The van der Waals surface area contributed by atoms with Gasteiger partial charge in [0.2, 0.25) is 0 Å². The lowest BCUT2D eigenvalue weighted by Crippen LogP contribution is -2.35. The molecule has 34 heavy (non-hydrogen) atoms. The van der Waals surface area contributed by atoms with Crippen LogP contribution in [0.25, 0.3) is 5.76 Å². The van der Waals surface area contributed by atoms with Gasteiger partial charge in [0.1, 0.15) is 23.9 Å². The summed E-state index contributed by atoms with van der Waals surface area (Å²) in [5.41, 5.74) is 1.24. The van der Waals surface area contributed by atoms with Crippen LogP contribution in [0.15, 0.2) is 66.8 Å². The van der Waals surface area contributed by atoms with Crippen LogP contribution in [0.4, 0.5) is 0 Å². The van der Waals surface area contributed by atoms with Crippen molar-refractivity contribution >= 4 is 17.4 Å². The van der Waals surface area contributed by atoms with Crippen molar-refractivity contribution in [2.45, 2.75) is 19.4 Å². The maximum absolute atomic E-state index is 13.1. The fourth-order valence-electron chi connectivity index (χ4n) is 3.75. The molecule has 7 nitrogen and oxygen atoms in total. The normalized spacial score (nSPS) is 17.3. The van der Waals surface area contributed by atoms with Crippen molar-refractivity contribution in [1.29, 1.82) is 0 Å². The quantitative estimate of drug-likeness (QED) is 0.234. The van der Waals surface area contributed by atoms with Crippen LogP contribution in [0.1, 0.15) is 30.5 Å². The summed E-state index contributed by atoms with van der Waals surface area (Å²) in [5.74, 6) is -0.199. The van der Waals surface area contributed by atoms with Gasteiger partial charge in [-0.25, -0.2) is 0 Å². The number of hydrogen-bond donors (Lipinski definition) is 1. The average molecular weight is 465 g/mol. The standard InChI is InChI=1S/C27H32N2O5/c1-5-17-33-21-11-7-19(8-12-21)24-23(26(31)27(32)29(24)16-15-28(3)4)25(30)20-9-13-22(14-10-20)34-18-6-2/h6-14,24,30H,2,5,15-18H2,1,3-4H3. The van der Waals surface area contributed by atoms with E-state index >= 15 is 0 Å². The number of benzene rings is 2. The molecule has 0 bridgehead atoms. The lowest BCUT2D eigenvalue weighted by Gasteiger charge is -2.26. The highest BCUT2D eigenvalue weighted by atomic mass is 16.5. The summed E-state index contributed by atoms with van der Waals surface area (Å²) in [6, 6.07) is 13.4. The summed E-state index contributed by atoms with van der Waals surface area (Å²) in [6.45, 7) is 7.55. The summed E-state index contributed by atoms with van der Waals surface area (Å²) < 4.78 is 11.2. The second-order valence-corrected chi connectivity index (χ2v) is 8.34. The first-order valence-corrected chi connectivity index (χ1v) is 11.4. The zero-order valence-electron chi connectivity index (χ0n) is 20.0. The Kier molecular flexibility index (Phi) is 8.49. The molecule has 1 aliphatic rings. The van der Waals surface area contributed by atoms with Gasteiger partial charge in [0.05, 0.1) is 18.2 Å². The van der Waals surface area contributed by atoms with E-state index in [2.05, 4.69) is 6.58 Å². The molecule has 7 heteroatoms. The molecule has 1 heterocycles. The van der Waals surface area contributed by atoms with E-state index in [0.717, 1.165) is 12.0 Å². The molecule has 1 aliphatic heterocycles. The van der Waals surface area contributed by atoms with Crippen LogP contribution in [0.5, 0.6) is 11.5 Å². The number of carbonyl (C=O) groups is 2. The highest BCUT2D eigenvalue weighted by molar-refractivity contribution is 6.46. The minimum absolute atomic E-state index is 0.0748. The van der Waals surface area contributed by atoms with Crippen LogP contribution in [0.2, 0.25) is 0 Å². The average Bonchev–Trinajstić information content (AvgIpc) is 3.10. The van der Waals surface area contributed by atoms with Gasteiger partial charge in [0.15, 0.2) is 0 Å². The number of carbonyl (C=O) groups excluding carboxylic acids is 2. The smallest absolute Gasteiger partial charge is 0.295 e. The fourth-order valence-corrected chi connectivity index (χ4v) is 3.75. The second-order valence-electron chi connectivity index (χ2n) is 8.34. The van der Waals surface area contributed by atoms with Crippen LogP contribution in [0.3, 0.4) is 0 Å². The lowest BCUT2D eigenvalue weighted by atomic mass is 9.95. The van der Waals surface area contributed by atoms with Gasteiger partial charge < -0.3 is 24.4 Å². The number of aliphatic hydroxyl groups is 1. The highest BCUT2D eigenvalue weighted by Crippen LogP contribution is 2.39. The molecule has 3 rings (SSSR count). The molecule has 0 aliphatic carbocycles. The Morgan fingerprint density at radius 2 is 1.68 bits per heavy atom. The van der Waals surface area contributed by atoms with Crippen LogP contribution in [-0.4, -0.2) is 67.0 Å². The Bertz CT molecular complexity index is 1040. The van der Waals surface area contributed by atoms with Crippen LogP contribution >= 0.6 is 0 Å². The predicted molar refractivity (Wildman–Crippen MR) is 132 cm³/mol. The van der Waals surface area contributed by atoms with Gasteiger partial charge in [-0.2, -0.15) is 0 Å². The van der Waals surface area contributed by atoms with Crippen molar-refractivity contribution in [3.8, 4) is 11.5 Å². The molecule has 2 aromatic rings. The van der Waals surface area contributed by atoms with Crippen molar-refractivity contribution < 1.29 is 24.2 Å². The second kappa shape index (κ2) is 11.5. The number of amides is 1. The number of likely N-dealkylation sites (N-methyl/N-ethyl adjacent to an activating group) is 1. The molecule has 1 unspecified atom stereocenters. The van der Waals surface area contributed by atoms with Crippen LogP contribution < -0.4 is 9.47 Å². The van der Waals surface area contributed by atoms with E-state index < -0.39 is 17.7 Å². The van der Waals surface area contributed by atoms with Gasteiger partial charge in [-0.3, -0.25) is 9.59 Å². The predicted octanol–water partition coefficient (Wildman–Crippen LogP) is 4.02. The summed E-state index contributed by atoms with van der Waals surface area (Å²) in [6.07, 6.45) is 2.53. The first-order valence-electron chi connectivity index (χ1n) is 11.4. The number of aliphatic hydroxyl groups excluding tert-OH is 1. The first kappa shape index (κ1) is 25.1. The maximum Gasteiger partial charge on any atom is 0.295 e. The molecular formula is C27H32N2O5. The zero-order valence-corrected chi connectivity index (χ0v) is 20.0. The Balaban J connectivity index is 2.02. The third-order valence-electron chi connectivity index (χ3n) is 5.49. The monoisotopic (exact) mass is 464 g/mol. The van der Waals surface area contributed by atoms with E-state index in [9.17, 15) is 14.7 Å². The van der Waals surface area contributed by atoms with Gasteiger partial charge in [0.25, 0.3) is 11.7 Å². The van der Waals surface area contributed by atoms with E-state index in [1.165, 1.54) is 4.90 Å². The molecule has 2 aromatic carbocycles. The van der Waals surface area contributed by atoms with E-state index in [4.69, 9.17) is 9.47 Å². The first-order chi connectivity index (χ1) is 16.4. The molecule has 1 amide bonds. The molecule has 0 aromatic heterocycles. The molecule has 0 radical (unpaired) electrons. The minimum atomic E-state index is -0.697. The zero-order chi connectivity index (χ0) is 24.7.